The first-order valence-electron chi connectivity index (χ1n) is 8.60. The number of rotatable bonds is 3. The Balaban J connectivity index is -0.000000475. The van der Waals surface area contributed by atoms with Gasteiger partial charge >= 0.3 is 74.1 Å². The molecule has 0 aromatic carbocycles. The Kier molecular flexibility index (Phi) is 19.0. The fraction of sp³-hybridized carbons (Fsp3) is 0.714. The molecule has 220 valence electrons. The summed E-state index contributed by atoms with van der Waals surface area (Å²) >= 11 is -4.33. The van der Waals surface area contributed by atoms with Crippen LogP contribution < -0.4 is 0 Å². The maximum atomic E-state index is 12.9. The van der Waals surface area contributed by atoms with E-state index in [1.807, 2.05) is 0 Å². The van der Waals surface area contributed by atoms with Gasteiger partial charge in [-0.25, -0.2) is 4.90 Å². The first kappa shape index (κ1) is 41.1. The van der Waals surface area contributed by atoms with Crippen LogP contribution in [0.4, 0.5) is 53.3 Å². The van der Waals surface area contributed by atoms with Gasteiger partial charge in [0.2, 0.25) is 11.8 Å². The molecule has 0 amide bonds. The molecule has 22 heteroatoms. The quantitative estimate of drug-likeness (QED) is 0.170. The zero-order chi connectivity index (χ0) is 27.0. The van der Waals surface area contributed by atoms with Crippen molar-refractivity contribution in [1.82, 2.24) is 9.80 Å². The molecular formula is C14H18Cl5F12N2O2Sb. The number of morpholine rings is 2. The molecule has 2 heterocycles. The van der Waals surface area contributed by atoms with Crippen molar-refractivity contribution < 1.29 is 62.8 Å². The predicted molar refractivity (Wildman–Crippen MR) is 115 cm³/mol. The molecule has 2 fully saturated rings. The van der Waals surface area contributed by atoms with Crippen LogP contribution in [-0.2, 0) is 9.47 Å². The average molecular weight is 773 g/mol. The molecule has 0 unspecified atom stereocenters. The molecule has 2 aliphatic heterocycles. The van der Waals surface area contributed by atoms with Crippen LogP contribution in [0.25, 0.3) is 0 Å². The monoisotopic (exact) mass is 770 g/mol. The van der Waals surface area contributed by atoms with Gasteiger partial charge in [0.1, 0.15) is 0 Å². The fourth-order valence-electron chi connectivity index (χ4n) is 2.11. The van der Waals surface area contributed by atoms with Gasteiger partial charge in [-0.3, -0.25) is 9.41 Å². The van der Waals surface area contributed by atoms with Crippen molar-refractivity contribution >= 4 is 55.8 Å². The van der Waals surface area contributed by atoms with Crippen LogP contribution in [-0.4, -0.2) is 86.3 Å². The Hall–Kier alpha value is 0.588. The number of ether oxygens (including phenoxy) is 2. The molecule has 0 spiro atoms. The zero-order valence-corrected chi connectivity index (χ0v) is 23.6. The molecule has 0 atom stereocenters. The van der Waals surface area contributed by atoms with Crippen molar-refractivity contribution in [3.05, 3.63) is 23.7 Å². The first-order valence-corrected chi connectivity index (χ1v) is 24.8. The molecule has 0 aliphatic carbocycles. The van der Waals surface area contributed by atoms with Crippen molar-refractivity contribution in [3.8, 4) is 0 Å². The third-order valence-corrected chi connectivity index (χ3v) is 3.56. The summed E-state index contributed by atoms with van der Waals surface area (Å²) < 4.78 is 131. The van der Waals surface area contributed by atoms with Crippen molar-refractivity contribution in [2.45, 2.75) is 12.2 Å². The summed E-state index contributed by atoms with van der Waals surface area (Å²) in [6.07, 6.45) is -8.25. The summed E-state index contributed by atoms with van der Waals surface area (Å²) in [6.45, 7) is -0.531. The third kappa shape index (κ3) is 18.0. The molecule has 0 aromatic rings. The SMILES string of the molecule is F.F.F/C(=C(/F)C(F)(F)F)N1CCOCC1.FC(F)=C(F)C(F)(F)N1CCOCC1.[Cl][Sb]([Cl])([Cl])([Cl])[Cl]. The summed E-state index contributed by atoms with van der Waals surface area (Å²) in [6, 6.07) is -4.23. The van der Waals surface area contributed by atoms with Crippen LogP contribution in [0.2, 0.25) is 0 Å². The van der Waals surface area contributed by atoms with E-state index in [0.717, 1.165) is 0 Å². The molecule has 36 heavy (non-hydrogen) atoms. The minimum absolute atomic E-state index is 0. The van der Waals surface area contributed by atoms with Gasteiger partial charge in [-0.2, -0.15) is 43.9 Å². The van der Waals surface area contributed by atoms with E-state index >= 15 is 0 Å². The summed E-state index contributed by atoms with van der Waals surface area (Å²) in [4.78, 5) is 0.997. The molecule has 0 bridgehead atoms. The number of halogens is 17. The van der Waals surface area contributed by atoms with Gasteiger partial charge in [-0.15, -0.1) is 0 Å². The van der Waals surface area contributed by atoms with Gasteiger partial charge in [0.05, 0.1) is 26.4 Å². The van der Waals surface area contributed by atoms with Crippen molar-refractivity contribution in [1.29, 1.82) is 0 Å². The van der Waals surface area contributed by atoms with E-state index < -0.39 is 47.6 Å². The Labute approximate surface area is 216 Å². The van der Waals surface area contributed by atoms with Crippen molar-refractivity contribution in [3.63, 3.8) is 0 Å². The summed E-state index contributed by atoms with van der Waals surface area (Å²) in [5, 5.41) is 0. The van der Waals surface area contributed by atoms with Crippen LogP contribution in [0.1, 0.15) is 0 Å². The number of hydrogen-bond acceptors (Lipinski definition) is 4. The van der Waals surface area contributed by atoms with Crippen molar-refractivity contribution in [2.24, 2.45) is 0 Å². The average Bonchev–Trinajstić information content (AvgIpc) is 2.71. The second-order valence-electron chi connectivity index (χ2n) is 6.06. The molecule has 0 saturated carbocycles. The summed E-state index contributed by atoms with van der Waals surface area (Å²) in [5.41, 5.74) is 0. The van der Waals surface area contributed by atoms with Crippen LogP contribution in [0.3, 0.4) is 0 Å². The Morgan fingerprint density at radius 3 is 1.28 bits per heavy atom. The molecular weight excluding hydrogens is 755 g/mol. The van der Waals surface area contributed by atoms with E-state index in [4.69, 9.17) is 53.6 Å². The van der Waals surface area contributed by atoms with E-state index in [1.54, 1.807) is 0 Å². The van der Waals surface area contributed by atoms with Gasteiger partial charge in [0, 0.05) is 26.2 Å². The molecule has 0 N–H and O–H groups in total. The zero-order valence-electron chi connectivity index (χ0n) is 17.3. The maximum absolute atomic E-state index is 12.9. The van der Waals surface area contributed by atoms with E-state index in [1.165, 1.54) is 0 Å². The molecule has 2 aliphatic rings. The molecule has 0 aromatic heterocycles. The Morgan fingerprint density at radius 1 is 0.639 bits per heavy atom. The predicted octanol–water partition coefficient (Wildman–Crippen LogP) is 7.35. The minimum atomic E-state index is -5.26. The van der Waals surface area contributed by atoms with E-state index in [2.05, 4.69) is 0 Å². The molecule has 2 saturated heterocycles. The van der Waals surface area contributed by atoms with Crippen molar-refractivity contribution in [2.75, 3.05) is 52.6 Å². The van der Waals surface area contributed by atoms with Gasteiger partial charge in [0.15, 0.2) is 0 Å². The number of hydrogen-bond donors (Lipinski definition) is 0. The third-order valence-electron chi connectivity index (χ3n) is 3.56. The van der Waals surface area contributed by atoms with Gasteiger partial charge in [0.25, 0.3) is 5.83 Å². The van der Waals surface area contributed by atoms with Crippen LogP contribution in [0.15, 0.2) is 23.7 Å². The molecule has 2 rings (SSSR count). The first-order chi connectivity index (χ1) is 15.1. The normalized spacial score (nSPS) is 18.9. The van der Waals surface area contributed by atoms with E-state index in [0.29, 0.717) is 9.80 Å². The number of allylic oxidation sites excluding steroid dienone is 1. The van der Waals surface area contributed by atoms with Gasteiger partial charge in [-0.1, -0.05) is 0 Å². The standard InChI is InChI=1S/2C7H8F5NO.5ClH.2FH.Sb/c8-5(7(10,11)12)6(9)13-1-3-14-4-2-13;8-5(6(9)10)7(11,12)13-1-3-14-4-2-13;;;;;;;;/h2*1-4H2;7*1H;/q;;;;;;;;;+5/p-5/b6-5-;;;;;;;;;. The number of nitrogens with zero attached hydrogens (tertiary/aromatic N) is 2. The number of alkyl halides is 5. The summed E-state index contributed by atoms with van der Waals surface area (Å²) in [5.74, 6) is -7.22. The second kappa shape index (κ2) is 16.6. The van der Waals surface area contributed by atoms with Gasteiger partial charge in [-0.05, 0) is 0 Å². The van der Waals surface area contributed by atoms with E-state index in [-0.39, 0.29) is 62.0 Å². The second-order valence-corrected chi connectivity index (χ2v) is 44.0. The Bertz CT molecular complexity index is 704. The topological polar surface area (TPSA) is 24.9 Å². The van der Waals surface area contributed by atoms with Crippen LogP contribution in [0, 0.1) is 0 Å². The Morgan fingerprint density at radius 2 is 0.972 bits per heavy atom. The molecule has 0 radical (unpaired) electrons. The van der Waals surface area contributed by atoms with Gasteiger partial charge < -0.3 is 14.4 Å². The van der Waals surface area contributed by atoms with Crippen LogP contribution >= 0.6 is 44.1 Å². The molecule has 4 nitrogen and oxygen atoms in total. The van der Waals surface area contributed by atoms with E-state index in [9.17, 15) is 43.9 Å². The summed E-state index contributed by atoms with van der Waals surface area (Å²) in [7, 11) is 25.2. The fourth-order valence-corrected chi connectivity index (χ4v) is 2.11. The van der Waals surface area contributed by atoms with Crippen LogP contribution in [0.5, 0.6) is 0 Å².